The molecule has 0 radical (unpaired) electrons. The van der Waals surface area contributed by atoms with Crippen molar-refractivity contribution in [2.24, 2.45) is 5.92 Å². The van der Waals surface area contributed by atoms with Crippen LogP contribution in [0.5, 0.6) is 5.75 Å². The van der Waals surface area contributed by atoms with E-state index in [0.29, 0.717) is 24.2 Å². The summed E-state index contributed by atoms with van der Waals surface area (Å²) in [6, 6.07) is 14.7. The standard InChI is InChI=1S/C25H30O2.C4H8O/c1-17(2)21-12-5-6-13-22(21)23-16-19(25(26)18-8-7-9-18)14-15-24(23)27-20-10-3-4-11-20;1-3-4(2)5/h5-6,12-18,20H,3-4,7-11H2,1-2H3;3H2,1-2H3. The third kappa shape index (κ3) is 6.09. The Hall–Kier alpha value is -2.42. The molecule has 2 fully saturated rings. The minimum Gasteiger partial charge on any atom is -0.490 e. The van der Waals surface area contributed by atoms with Crippen molar-refractivity contribution in [2.45, 2.75) is 91.1 Å². The topological polar surface area (TPSA) is 43.4 Å². The SMILES string of the molecule is CC(C)c1ccccc1-c1cc(C(=O)C2CCC2)ccc1OC1CCCC1.CCC(C)=O. The number of hydrogen-bond donors (Lipinski definition) is 0. The normalized spacial score (nSPS) is 16.3. The first kappa shape index (κ1) is 24.2. The summed E-state index contributed by atoms with van der Waals surface area (Å²) in [5.74, 6) is 2.13. The summed E-state index contributed by atoms with van der Waals surface area (Å²) in [7, 11) is 0. The van der Waals surface area contributed by atoms with Crippen LogP contribution >= 0.6 is 0 Å². The van der Waals surface area contributed by atoms with E-state index in [0.717, 1.165) is 42.6 Å². The van der Waals surface area contributed by atoms with Crippen LogP contribution in [0.4, 0.5) is 0 Å². The van der Waals surface area contributed by atoms with Gasteiger partial charge in [-0.3, -0.25) is 4.79 Å². The summed E-state index contributed by atoms with van der Waals surface area (Å²) in [6.07, 6.45) is 9.00. The van der Waals surface area contributed by atoms with Crippen LogP contribution in [0.15, 0.2) is 42.5 Å². The summed E-state index contributed by atoms with van der Waals surface area (Å²) < 4.78 is 6.42. The molecule has 0 unspecified atom stereocenters. The highest BCUT2D eigenvalue weighted by molar-refractivity contribution is 6.00. The molecule has 2 aliphatic rings. The van der Waals surface area contributed by atoms with Gasteiger partial charge >= 0.3 is 0 Å². The molecule has 0 N–H and O–H groups in total. The van der Waals surface area contributed by atoms with Crippen LogP contribution in [0.3, 0.4) is 0 Å². The van der Waals surface area contributed by atoms with E-state index in [-0.39, 0.29) is 11.7 Å². The second kappa shape index (κ2) is 11.4. The maximum atomic E-state index is 12.8. The molecule has 0 amide bonds. The lowest BCUT2D eigenvalue weighted by Gasteiger charge is -2.25. The maximum Gasteiger partial charge on any atom is 0.165 e. The van der Waals surface area contributed by atoms with E-state index in [1.165, 1.54) is 30.4 Å². The van der Waals surface area contributed by atoms with Crippen molar-refractivity contribution in [1.29, 1.82) is 0 Å². The predicted molar refractivity (Wildman–Crippen MR) is 131 cm³/mol. The summed E-state index contributed by atoms with van der Waals surface area (Å²) >= 11 is 0. The fraction of sp³-hybridized carbons (Fsp3) is 0.517. The molecule has 2 saturated carbocycles. The largest absolute Gasteiger partial charge is 0.490 e. The van der Waals surface area contributed by atoms with Crippen molar-refractivity contribution in [1.82, 2.24) is 0 Å². The Morgan fingerprint density at radius 2 is 1.59 bits per heavy atom. The molecule has 3 heteroatoms. The van der Waals surface area contributed by atoms with Crippen LogP contribution in [0.2, 0.25) is 0 Å². The third-order valence-corrected chi connectivity index (χ3v) is 6.71. The van der Waals surface area contributed by atoms with Gasteiger partial charge in [-0.1, -0.05) is 51.5 Å². The average molecular weight is 435 g/mol. The van der Waals surface area contributed by atoms with Crippen LogP contribution in [-0.2, 0) is 4.79 Å². The maximum absolute atomic E-state index is 12.8. The first-order valence-corrected chi connectivity index (χ1v) is 12.3. The number of rotatable bonds is 7. The van der Waals surface area contributed by atoms with Crippen LogP contribution in [0.1, 0.15) is 101 Å². The summed E-state index contributed by atoms with van der Waals surface area (Å²) in [4.78, 5) is 22.7. The summed E-state index contributed by atoms with van der Waals surface area (Å²) in [6.45, 7) is 7.88. The third-order valence-electron chi connectivity index (χ3n) is 6.71. The second-order valence-electron chi connectivity index (χ2n) is 9.52. The van der Waals surface area contributed by atoms with Gasteiger partial charge in [-0.15, -0.1) is 0 Å². The highest BCUT2D eigenvalue weighted by Gasteiger charge is 2.27. The monoisotopic (exact) mass is 434 g/mol. The van der Waals surface area contributed by atoms with Gasteiger partial charge in [-0.25, -0.2) is 0 Å². The van der Waals surface area contributed by atoms with Crippen LogP contribution < -0.4 is 4.74 Å². The van der Waals surface area contributed by atoms with Gasteiger partial charge in [-0.05, 0) is 80.7 Å². The lowest BCUT2D eigenvalue weighted by molar-refractivity contribution is -0.116. The molecule has 172 valence electrons. The molecule has 2 aromatic rings. The minimum absolute atomic E-state index is 0.222. The number of hydrogen-bond acceptors (Lipinski definition) is 3. The van der Waals surface area contributed by atoms with Gasteiger partial charge in [-0.2, -0.15) is 0 Å². The van der Waals surface area contributed by atoms with Crippen molar-refractivity contribution >= 4 is 11.6 Å². The molecule has 0 saturated heterocycles. The average Bonchev–Trinajstić information content (AvgIpc) is 3.26. The van der Waals surface area contributed by atoms with Gasteiger partial charge in [0.1, 0.15) is 11.5 Å². The van der Waals surface area contributed by atoms with Crippen molar-refractivity contribution in [3.05, 3.63) is 53.6 Å². The molecule has 0 bridgehead atoms. The van der Waals surface area contributed by atoms with E-state index in [9.17, 15) is 9.59 Å². The Labute approximate surface area is 193 Å². The highest BCUT2D eigenvalue weighted by Crippen LogP contribution is 2.39. The fourth-order valence-corrected chi connectivity index (χ4v) is 4.33. The zero-order valence-electron chi connectivity index (χ0n) is 20.2. The zero-order chi connectivity index (χ0) is 23.1. The Bertz CT molecular complexity index is 918. The number of Topliss-reactive ketones (excluding diaryl/α,β-unsaturated/α-hetero) is 2. The highest BCUT2D eigenvalue weighted by atomic mass is 16.5. The predicted octanol–water partition coefficient (Wildman–Crippen LogP) is 7.77. The van der Waals surface area contributed by atoms with Gasteiger partial charge < -0.3 is 9.53 Å². The molecule has 0 aromatic heterocycles. The molecule has 32 heavy (non-hydrogen) atoms. The second-order valence-corrected chi connectivity index (χ2v) is 9.52. The van der Waals surface area contributed by atoms with E-state index in [1.54, 1.807) is 6.92 Å². The van der Waals surface area contributed by atoms with Crippen LogP contribution in [-0.4, -0.2) is 17.7 Å². The van der Waals surface area contributed by atoms with Gasteiger partial charge in [0, 0.05) is 23.5 Å². The molecule has 0 atom stereocenters. The minimum atomic E-state index is 0.222. The zero-order valence-corrected chi connectivity index (χ0v) is 20.2. The molecule has 3 nitrogen and oxygen atoms in total. The van der Waals surface area contributed by atoms with Crippen molar-refractivity contribution < 1.29 is 14.3 Å². The van der Waals surface area contributed by atoms with Crippen molar-refractivity contribution in [3.8, 4) is 16.9 Å². The lowest BCUT2D eigenvalue weighted by atomic mass is 9.79. The first-order chi connectivity index (χ1) is 15.4. The number of carbonyl (C=O) groups is 2. The van der Waals surface area contributed by atoms with Gasteiger partial charge in [0.2, 0.25) is 0 Å². The van der Waals surface area contributed by atoms with E-state index in [1.807, 2.05) is 19.1 Å². The number of benzene rings is 2. The van der Waals surface area contributed by atoms with E-state index >= 15 is 0 Å². The Kier molecular flexibility index (Phi) is 8.67. The number of ether oxygens (including phenoxy) is 1. The van der Waals surface area contributed by atoms with Gasteiger partial charge in [0.25, 0.3) is 0 Å². The Balaban J connectivity index is 0.000000523. The van der Waals surface area contributed by atoms with Crippen LogP contribution in [0, 0.1) is 5.92 Å². The molecule has 2 aliphatic carbocycles. The lowest BCUT2D eigenvalue weighted by Crippen LogP contribution is -2.22. The molecule has 0 heterocycles. The van der Waals surface area contributed by atoms with E-state index in [4.69, 9.17) is 4.74 Å². The van der Waals surface area contributed by atoms with E-state index < -0.39 is 0 Å². The van der Waals surface area contributed by atoms with Crippen molar-refractivity contribution in [2.75, 3.05) is 0 Å². The van der Waals surface area contributed by atoms with E-state index in [2.05, 4.69) is 44.2 Å². The summed E-state index contributed by atoms with van der Waals surface area (Å²) in [5, 5.41) is 0. The summed E-state index contributed by atoms with van der Waals surface area (Å²) in [5.41, 5.74) is 4.43. The Morgan fingerprint density at radius 3 is 2.16 bits per heavy atom. The fourth-order valence-electron chi connectivity index (χ4n) is 4.33. The molecule has 0 spiro atoms. The van der Waals surface area contributed by atoms with Crippen molar-refractivity contribution in [3.63, 3.8) is 0 Å². The molecular formula is C29H38O3. The molecular weight excluding hydrogens is 396 g/mol. The van der Waals surface area contributed by atoms with Gasteiger partial charge in [0.05, 0.1) is 6.10 Å². The molecule has 2 aromatic carbocycles. The number of carbonyl (C=O) groups excluding carboxylic acids is 2. The first-order valence-electron chi connectivity index (χ1n) is 12.3. The van der Waals surface area contributed by atoms with Crippen LogP contribution in [0.25, 0.3) is 11.1 Å². The smallest absolute Gasteiger partial charge is 0.165 e. The molecule has 4 rings (SSSR count). The number of ketones is 2. The van der Waals surface area contributed by atoms with Gasteiger partial charge in [0.15, 0.2) is 5.78 Å². The molecule has 0 aliphatic heterocycles. The Morgan fingerprint density at radius 1 is 0.938 bits per heavy atom. The quantitative estimate of drug-likeness (QED) is 0.418.